The number of carbonyl (C=O) groups excluding carboxylic acids is 1. The van der Waals surface area contributed by atoms with E-state index < -0.39 is 6.03 Å². The van der Waals surface area contributed by atoms with Crippen molar-refractivity contribution in [3.8, 4) is 0 Å². The van der Waals surface area contributed by atoms with Crippen LogP contribution in [0.2, 0.25) is 0 Å². The Hall–Kier alpha value is -2.08. The molecule has 1 amide bonds. The van der Waals surface area contributed by atoms with Gasteiger partial charge in [-0.2, -0.15) is 0 Å². The molecule has 4 N–H and O–H groups in total. The lowest BCUT2D eigenvalue weighted by molar-refractivity contribution is 0.251. The van der Waals surface area contributed by atoms with Crippen molar-refractivity contribution in [3.63, 3.8) is 0 Å². The van der Waals surface area contributed by atoms with E-state index in [1.54, 1.807) is 12.4 Å². The summed E-state index contributed by atoms with van der Waals surface area (Å²) in [5.74, 6) is 0. The maximum Gasteiger partial charge on any atom is 0.324 e. The average molecular weight is 272 g/mol. The molecule has 0 aromatic carbocycles. The lowest BCUT2D eigenvalue weighted by Gasteiger charge is -2.34. The first-order valence-corrected chi connectivity index (χ1v) is 6.76. The SMILES string of the molecule is Cc1cnc2c([c]cn2C(N)=O)c1N1CCC[C@@H](N)C1. The zero-order chi connectivity index (χ0) is 14.3. The highest BCUT2D eigenvalue weighted by Crippen LogP contribution is 2.31. The number of nitrogens with two attached hydrogens (primary N) is 2. The summed E-state index contributed by atoms with van der Waals surface area (Å²) in [5.41, 5.74) is 14.1. The van der Waals surface area contributed by atoms with Crippen molar-refractivity contribution in [1.82, 2.24) is 9.55 Å². The second-order valence-corrected chi connectivity index (χ2v) is 5.32. The third-order valence-electron chi connectivity index (χ3n) is 3.79. The highest BCUT2D eigenvalue weighted by Gasteiger charge is 2.22. The van der Waals surface area contributed by atoms with Gasteiger partial charge in [0.1, 0.15) is 0 Å². The van der Waals surface area contributed by atoms with Gasteiger partial charge in [-0.1, -0.05) is 0 Å². The number of fused-ring (bicyclic) bond motifs is 1. The highest BCUT2D eigenvalue weighted by atomic mass is 16.2. The zero-order valence-corrected chi connectivity index (χ0v) is 11.5. The Labute approximate surface area is 117 Å². The van der Waals surface area contributed by atoms with Crippen LogP contribution in [-0.4, -0.2) is 34.7 Å². The Morgan fingerprint density at radius 1 is 1.55 bits per heavy atom. The van der Waals surface area contributed by atoms with Crippen molar-refractivity contribution in [2.24, 2.45) is 11.5 Å². The summed E-state index contributed by atoms with van der Waals surface area (Å²) in [6, 6.07) is 2.75. The summed E-state index contributed by atoms with van der Waals surface area (Å²) in [6.45, 7) is 3.79. The minimum Gasteiger partial charge on any atom is -0.369 e. The smallest absolute Gasteiger partial charge is 0.324 e. The fourth-order valence-electron chi connectivity index (χ4n) is 2.88. The number of piperidine rings is 1. The molecule has 6 nitrogen and oxygen atoms in total. The Morgan fingerprint density at radius 2 is 2.35 bits per heavy atom. The standard InChI is InChI=1S/C14H18N5O/c1-9-7-17-13-11(4-6-19(13)14(16)20)12(9)18-5-2-3-10(15)8-18/h6-7,10H,2-3,5,8,15H2,1H3,(H2,16,20)/t10-/m1/s1. The van der Waals surface area contributed by atoms with Crippen LogP contribution in [0.4, 0.5) is 10.5 Å². The van der Waals surface area contributed by atoms with Gasteiger partial charge in [0.05, 0.1) is 11.1 Å². The lowest BCUT2D eigenvalue weighted by Crippen LogP contribution is -2.43. The fraction of sp³-hybridized carbons (Fsp3) is 0.429. The predicted octanol–water partition coefficient (Wildman–Crippen LogP) is 0.999. The number of hydrogen-bond donors (Lipinski definition) is 2. The summed E-state index contributed by atoms with van der Waals surface area (Å²) in [7, 11) is 0. The van der Waals surface area contributed by atoms with Crippen LogP contribution in [-0.2, 0) is 0 Å². The maximum absolute atomic E-state index is 11.4. The molecule has 105 valence electrons. The summed E-state index contributed by atoms with van der Waals surface area (Å²) < 4.78 is 1.32. The number of amides is 1. The van der Waals surface area contributed by atoms with Crippen molar-refractivity contribution < 1.29 is 4.79 Å². The molecule has 3 rings (SSSR count). The minimum atomic E-state index is -0.547. The van der Waals surface area contributed by atoms with Gasteiger partial charge in [-0.25, -0.2) is 9.78 Å². The maximum atomic E-state index is 11.4. The van der Waals surface area contributed by atoms with Gasteiger partial charge in [0.2, 0.25) is 0 Å². The van der Waals surface area contributed by atoms with Gasteiger partial charge in [-0.05, 0) is 25.3 Å². The summed E-state index contributed by atoms with van der Waals surface area (Å²) in [4.78, 5) is 18.0. The Kier molecular flexibility index (Phi) is 3.10. The first-order chi connectivity index (χ1) is 9.58. The molecule has 0 bridgehead atoms. The molecule has 3 heterocycles. The number of carbonyl (C=O) groups is 1. The van der Waals surface area contributed by atoms with E-state index >= 15 is 0 Å². The van der Waals surface area contributed by atoms with Gasteiger partial charge in [-0.15, -0.1) is 0 Å². The predicted molar refractivity (Wildman–Crippen MR) is 77.7 cm³/mol. The molecule has 2 aromatic rings. The third kappa shape index (κ3) is 2.02. The molecule has 0 aliphatic carbocycles. The van der Waals surface area contributed by atoms with Gasteiger partial charge in [0.25, 0.3) is 0 Å². The molecule has 6 heteroatoms. The van der Waals surface area contributed by atoms with Gasteiger partial charge >= 0.3 is 6.03 Å². The first-order valence-electron chi connectivity index (χ1n) is 6.76. The van der Waals surface area contributed by atoms with Crippen molar-refractivity contribution in [1.29, 1.82) is 0 Å². The number of aromatic nitrogens is 2. The first kappa shape index (κ1) is 12.9. The lowest BCUT2D eigenvalue weighted by atomic mass is 10.0. The average Bonchev–Trinajstić information content (AvgIpc) is 2.82. The summed E-state index contributed by atoms with van der Waals surface area (Å²) in [6.07, 6.45) is 5.44. The van der Waals surface area contributed by atoms with E-state index in [4.69, 9.17) is 11.5 Å². The molecule has 1 radical (unpaired) electrons. The minimum absolute atomic E-state index is 0.185. The molecule has 2 aromatic heterocycles. The van der Waals surface area contributed by atoms with Crippen LogP contribution in [0.25, 0.3) is 11.0 Å². The van der Waals surface area contributed by atoms with Crippen LogP contribution in [0.5, 0.6) is 0 Å². The number of primary amides is 1. The normalized spacial score (nSPS) is 19.5. The number of nitrogens with zero attached hydrogens (tertiary/aromatic N) is 3. The van der Waals surface area contributed by atoms with E-state index in [9.17, 15) is 4.79 Å². The summed E-state index contributed by atoms with van der Waals surface area (Å²) in [5, 5.41) is 0.831. The molecule has 20 heavy (non-hydrogen) atoms. The monoisotopic (exact) mass is 272 g/mol. The Balaban J connectivity index is 2.14. The summed E-state index contributed by atoms with van der Waals surface area (Å²) >= 11 is 0. The molecule has 0 unspecified atom stereocenters. The van der Waals surface area contributed by atoms with Crippen LogP contribution < -0.4 is 16.4 Å². The zero-order valence-electron chi connectivity index (χ0n) is 11.5. The van der Waals surface area contributed by atoms with Crippen LogP contribution in [0.3, 0.4) is 0 Å². The van der Waals surface area contributed by atoms with Crippen molar-refractivity contribution in [2.75, 3.05) is 18.0 Å². The van der Waals surface area contributed by atoms with E-state index in [1.165, 1.54) is 4.57 Å². The van der Waals surface area contributed by atoms with Crippen molar-refractivity contribution in [2.45, 2.75) is 25.8 Å². The molecule has 1 atom stereocenters. The van der Waals surface area contributed by atoms with Crippen LogP contribution in [0.1, 0.15) is 18.4 Å². The van der Waals surface area contributed by atoms with Gasteiger partial charge < -0.3 is 16.4 Å². The second kappa shape index (κ2) is 4.79. The Bertz CT molecular complexity index is 663. The van der Waals surface area contributed by atoms with Crippen LogP contribution in [0.15, 0.2) is 12.4 Å². The van der Waals surface area contributed by atoms with E-state index in [0.717, 1.165) is 42.6 Å². The van der Waals surface area contributed by atoms with Crippen LogP contribution in [0, 0.1) is 13.0 Å². The van der Waals surface area contributed by atoms with E-state index in [2.05, 4.69) is 16.0 Å². The highest BCUT2D eigenvalue weighted by molar-refractivity contribution is 5.96. The molecule has 1 aliphatic heterocycles. The number of rotatable bonds is 1. The molecule has 0 spiro atoms. The number of aryl methyl sites for hydroxylation is 1. The fourth-order valence-corrected chi connectivity index (χ4v) is 2.88. The Morgan fingerprint density at radius 3 is 3.05 bits per heavy atom. The van der Waals surface area contributed by atoms with Gasteiger partial charge in [0, 0.05) is 37.6 Å². The molecule has 1 saturated heterocycles. The van der Waals surface area contributed by atoms with Crippen LogP contribution >= 0.6 is 0 Å². The van der Waals surface area contributed by atoms with Crippen molar-refractivity contribution >= 4 is 22.8 Å². The van der Waals surface area contributed by atoms with E-state index in [1.807, 2.05) is 6.92 Å². The van der Waals surface area contributed by atoms with Crippen molar-refractivity contribution in [3.05, 3.63) is 24.0 Å². The third-order valence-corrected chi connectivity index (χ3v) is 3.79. The van der Waals surface area contributed by atoms with Gasteiger partial charge in [0.15, 0.2) is 5.65 Å². The molecule has 1 fully saturated rings. The molecular weight excluding hydrogens is 254 g/mol. The topological polar surface area (TPSA) is 90.2 Å². The quantitative estimate of drug-likeness (QED) is 0.810. The second-order valence-electron chi connectivity index (χ2n) is 5.32. The number of anilines is 1. The van der Waals surface area contributed by atoms with E-state index in [-0.39, 0.29) is 6.04 Å². The number of pyridine rings is 1. The molecule has 1 aliphatic rings. The van der Waals surface area contributed by atoms with E-state index in [0.29, 0.717) is 5.65 Å². The molecular formula is C14H18N5O. The molecule has 0 saturated carbocycles. The largest absolute Gasteiger partial charge is 0.369 e. The number of hydrogen-bond acceptors (Lipinski definition) is 4. The van der Waals surface area contributed by atoms with Gasteiger partial charge in [-0.3, -0.25) is 4.57 Å².